The molecule has 0 radical (unpaired) electrons. The topological polar surface area (TPSA) is 51.2 Å². The lowest BCUT2D eigenvalue weighted by Gasteiger charge is -2.21. The van der Waals surface area contributed by atoms with Crippen LogP contribution >= 0.6 is 0 Å². The molecule has 1 heterocycles. The van der Waals surface area contributed by atoms with Crippen LogP contribution in [0.15, 0.2) is 43.2 Å². The Balaban J connectivity index is 1.81. The summed E-state index contributed by atoms with van der Waals surface area (Å²) in [5.41, 5.74) is 2.35. The minimum atomic E-state index is 0.102. The summed E-state index contributed by atoms with van der Waals surface area (Å²) >= 11 is 0. The second kappa shape index (κ2) is 14.2. The number of ether oxygens (including phenoxy) is 3. The molecule has 5 nitrogen and oxygen atoms in total. The maximum atomic E-state index is 8.82. The van der Waals surface area contributed by atoms with Crippen LogP contribution in [0.25, 0.3) is 5.76 Å². The molecule has 0 spiro atoms. The van der Waals surface area contributed by atoms with E-state index in [2.05, 4.69) is 36.3 Å². The SMILES string of the molecule is C=C(C)OCOC(=C)c1cccc(CC2CCCCN(CCOCCO)CCC2)c1. The first-order chi connectivity index (χ1) is 14.6. The highest BCUT2D eigenvalue weighted by atomic mass is 16.7. The Morgan fingerprint density at radius 2 is 1.90 bits per heavy atom. The highest BCUT2D eigenvalue weighted by molar-refractivity contribution is 5.58. The molecule has 1 aliphatic heterocycles. The quantitative estimate of drug-likeness (QED) is 0.306. The molecule has 1 aliphatic rings. The van der Waals surface area contributed by atoms with Crippen LogP contribution in [0.2, 0.25) is 0 Å². The van der Waals surface area contributed by atoms with Crippen molar-refractivity contribution in [2.75, 3.05) is 46.2 Å². The number of allylic oxidation sites excluding steroid dienone is 1. The van der Waals surface area contributed by atoms with E-state index in [-0.39, 0.29) is 13.4 Å². The van der Waals surface area contributed by atoms with E-state index in [9.17, 15) is 0 Å². The summed E-state index contributed by atoms with van der Waals surface area (Å²) < 4.78 is 16.3. The summed E-state index contributed by atoms with van der Waals surface area (Å²) in [4.78, 5) is 2.51. The summed E-state index contributed by atoms with van der Waals surface area (Å²) in [6, 6.07) is 8.52. The zero-order valence-corrected chi connectivity index (χ0v) is 18.6. The van der Waals surface area contributed by atoms with Gasteiger partial charge in [0.15, 0.2) is 0 Å². The summed E-state index contributed by atoms with van der Waals surface area (Å²) in [7, 11) is 0. The average molecular weight is 418 g/mol. The van der Waals surface area contributed by atoms with Crippen LogP contribution in [0, 0.1) is 5.92 Å². The first kappa shape index (κ1) is 24.4. The second-order valence-electron chi connectivity index (χ2n) is 8.12. The maximum absolute atomic E-state index is 8.82. The van der Waals surface area contributed by atoms with Crippen molar-refractivity contribution in [2.45, 2.75) is 45.4 Å². The Kier molecular flexibility index (Phi) is 11.6. The van der Waals surface area contributed by atoms with E-state index in [1.165, 1.54) is 37.7 Å². The Bertz CT molecular complexity index is 646. The fourth-order valence-electron chi connectivity index (χ4n) is 3.91. The number of hydrogen-bond donors (Lipinski definition) is 1. The number of benzene rings is 1. The standard InChI is InChI=1S/C25H39NO4/c1-21(2)29-20-30-22(3)25-11-6-9-24(19-25)18-23-8-4-5-12-26(13-7-10-23)14-16-28-17-15-27/h6,9,11,19,23,27H,1,3-5,7-8,10,12-18,20H2,2H3. The molecule has 0 bridgehead atoms. The van der Waals surface area contributed by atoms with Gasteiger partial charge in [0.05, 0.1) is 25.6 Å². The number of aliphatic hydroxyl groups excluding tert-OH is 1. The Hall–Kier alpha value is -1.82. The third-order valence-electron chi connectivity index (χ3n) is 5.52. The second-order valence-corrected chi connectivity index (χ2v) is 8.12. The highest BCUT2D eigenvalue weighted by Crippen LogP contribution is 2.24. The first-order valence-electron chi connectivity index (χ1n) is 11.2. The molecule has 0 saturated carbocycles. The lowest BCUT2D eigenvalue weighted by Crippen LogP contribution is -2.30. The number of hydrogen-bond acceptors (Lipinski definition) is 5. The van der Waals surface area contributed by atoms with Gasteiger partial charge in [0, 0.05) is 12.1 Å². The molecule has 1 unspecified atom stereocenters. The van der Waals surface area contributed by atoms with E-state index in [0.29, 0.717) is 30.6 Å². The van der Waals surface area contributed by atoms with Crippen molar-refractivity contribution in [2.24, 2.45) is 5.92 Å². The minimum Gasteiger partial charge on any atom is -0.463 e. The molecule has 1 N–H and O–H groups in total. The van der Waals surface area contributed by atoms with E-state index in [1.807, 2.05) is 6.07 Å². The molecule has 1 aromatic carbocycles. The van der Waals surface area contributed by atoms with Crippen molar-refractivity contribution in [1.29, 1.82) is 0 Å². The third-order valence-corrected chi connectivity index (χ3v) is 5.52. The van der Waals surface area contributed by atoms with Gasteiger partial charge in [-0.25, -0.2) is 0 Å². The van der Waals surface area contributed by atoms with Crippen LogP contribution < -0.4 is 0 Å². The normalized spacial score (nSPS) is 18.1. The first-order valence-corrected chi connectivity index (χ1v) is 11.2. The van der Waals surface area contributed by atoms with Gasteiger partial charge in [-0.15, -0.1) is 0 Å². The van der Waals surface area contributed by atoms with Crippen molar-refractivity contribution in [1.82, 2.24) is 4.90 Å². The van der Waals surface area contributed by atoms with E-state index >= 15 is 0 Å². The predicted octanol–water partition coefficient (Wildman–Crippen LogP) is 4.62. The van der Waals surface area contributed by atoms with Gasteiger partial charge >= 0.3 is 0 Å². The minimum absolute atomic E-state index is 0.102. The van der Waals surface area contributed by atoms with Crippen LogP contribution in [0.1, 0.15) is 50.2 Å². The van der Waals surface area contributed by atoms with Gasteiger partial charge < -0.3 is 24.2 Å². The number of rotatable bonds is 12. The van der Waals surface area contributed by atoms with Crippen LogP contribution in [0.3, 0.4) is 0 Å². The lowest BCUT2D eigenvalue weighted by atomic mass is 9.90. The fraction of sp³-hybridized carbons (Fsp3) is 0.600. The van der Waals surface area contributed by atoms with Gasteiger partial charge in [-0.05, 0) is 63.2 Å². The van der Waals surface area contributed by atoms with Crippen molar-refractivity contribution in [3.63, 3.8) is 0 Å². The Labute approximate surface area is 182 Å². The van der Waals surface area contributed by atoms with Gasteiger partial charge in [0.1, 0.15) is 5.76 Å². The molecular weight excluding hydrogens is 378 g/mol. The average Bonchev–Trinajstić information content (AvgIpc) is 2.83. The summed E-state index contributed by atoms with van der Waals surface area (Å²) in [5, 5.41) is 8.82. The molecule has 2 rings (SSSR count). The van der Waals surface area contributed by atoms with Crippen molar-refractivity contribution < 1.29 is 19.3 Å². The summed E-state index contributed by atoms with van der Waals surface area (Å²) in [5.74, 6) is 1.98. The molecule has 1 fully saturated rings. The molecule has 1 saturated heterocycles. The van der Waals surface area contributed by atoms with E-state index < -0.39 is 0 Å². The summed E-state index contributed by atoms with van der Waals surface area (Å²) in [6.45, 7) is 14.2. The molecular formula is C25H39NO4. The van der Waals surface area contributed by atoms with E-state index in [4.69, 9.17) is 19.3 Å². The Morgan fingerprint density at radius 3 is 2.70 bits per heavy atom. The molecule has 30 heavy (non-hydrogen) atoms. The lowest BCUT2D eigenvalue weighted by molar-refractivity contribution is 0.0429. The third kappa shape index (κ3) is 9.79. The highest BCUT2D eigenvalue weighted by Gasteiger charge is 2.15. The van der Waals surface area contributed by atoms with Crippen molar-refractivity contribution in [3.05, 3.63) is 54.3 Å². The predicted molar refractivity (Wildman–Crippen MR) is 122 cm³/mol. The van der Waals surface area contributed by atoms with E-state index in [1.54, 1.807) is 6.92 Å². The van der Waals surface area contributed by atoms with E-state index in [0.717, 1.165) is 31.6 Å². The van der Waals surface area contributed by atoms with Crippen molar-refractivity contribution in [3.8, 4) is 0 Å². The smallest absolute Gasteiger partial charge is 0.230 e. The van der Waals surface area contributed by atoms with Crippen LogP contribution in [-0.4, -0.2) is 56.3 Å². The van der Waals surface area contributed by atoms with Gasteiger partial charge in [-0.2, -0.15) is 0 Å². The molecule has 1 aromatic rings. The molecule has 0 aromatic heterocycles. The summed E-state index contributed by atoms with van der Waals surface area (Å²) in [6.07, 6.45) is 7.36. The van der Waals surface area contributed by atoms with Crippen LogP contribution in [0.4, 0.5) is 0 Å². The zero-order valence-electron chi connectivity index (χ0n) is 18.6. The van der Waals surface area contributed by atoms with Gasteiger partial charge in [-0.3, -0.25) is 0 Å². The maximum Gasteiger partial charge on any atom is 0.230 e. The monoisotopic (exact) mass is 417 g/mol. The molecule has 5 heteroatoms. The van der Waals surface area contributed by atoms with Gasteiger partial charge in [0.25, 0.3) is 0 Å². The largest absolute Gasteiger partial charge is 0.463 e. The Morgan fingerprint density at radius 1 is 1.10 bits per heavy atom. The number of nitrogens with zero attached hydrogens (tertiary/aromatic N) is 1. The molecule has 168 valence electrons. The number of aliphatic hydroxyl groups is 1. The van der Waals surface area contributed by atoms with Crippen LogP contribution in [0.5, 0.6) is 0 Å². The van der Waals surface area contributed by atoms with Crippen LogP contribution in [-0.2, 0) is 20.6 Å². The van der Waals surface area contributed by atoms with Gasteiger partial charge in [-0.1, -0.05) is 44.2 Å². The molecule has 0 aliphatic carbocycles. The fourth-order valence-corrected chi connectivity index (χ4v) is 3.91. The molecule has 0 amide bonds. The van der Waals surface area contributed by atoms with Gasteiger partial charge in [0.2, 0.25) is 6.79 Å². The van der Waals surface area contributed by atoms with Crippen molar-refractivity contribution >= 4 is 5.76 Å². The zero-order chi connectivity index (χ0) is 21.6. The molecule has 1 atom stereocenters.